The summed E-state index contributed by atoms with van der Waals surface area (Å²) < 4.78 is 0. The van der Waals surface area contributed by atoms with Crippen molar-refractivity contribution in [3.63, 3.8) is 0 Å². The lowest BCUT2D eigenvalue weighted by atomic mass is 10.2. The van der Waals surface area contributed by atoms with Crippen molar-refractivity contribution >= 4 is 19.9 Å². The molecule has 0 bridgehead atoms. The van der Waals surface area contributed by atoms with Crippen LogP contribution >= 0.6 is 0 Å². The Morgan fingerprint density at radius 1 is 1.33 bits per heavy atom. The Bertz CT molecular complexity index is 478. The average molecular weight is 291 g/mol. The van der Waals surface area contributed by atoms with Crippen LogP contribution in [0.3, 0.4) is 0 Å². The van der Waals surface area contributed by atoms with Crippen LogP contribution in [0.5, 0.6) is 0 Å². The van der Waals surface area contributed by atoms with Gasteiger partial charge in [0.15, 0.2) is 0 Å². The first-order chi connectivity index (χ1) is 10.2. The van der Waals surface area contributed by atoms with Gasteiger partial charge in [-0.3, -0.25) is 14.6 Å². The third kappa shape index (κ3) is 5.16. The molecule has 2 heterocycles. The fourth-order valence-corrected chi connectivity index (χ4v) is 2.04. The average Bonchev–Trinajstić information content (AvgIpc) is 3.08. The van der Waals surface area contributed by atoms with Gasteiger partial charge in [0.05, 0.1) is 18.8 Å². The molecule has 1 aromatic heterocycles. The monoisotopic (exact) mass is 291 g/mol. The maximum atomic E-state index is 11.8. The van der Waals surface area contributed by atoms with E-state index in [1.807, 2.05) is 0 Å². The Labute approximate surface area is 124 Å². The van der Waals surface area contributed by atoms with E-state index in [-0.39, 0.29) is 25.0 Å². The van der Waals surface area contributed by atoms with Gasteiger partial charge in [-0.15, -0.1) is 0 Å². The Balaban J connectivity index is 0.00000106. The zero-order chi connectivity index (χ0) is 15.7. The lowest BCUT2D eigenvalue weighted by molar-refractivity contribution is -0.129. The molecule has 112 valence electrons. The molecule has 1 aromatic rings. The summed E-state index contributed by atoms with van der Waals surface area (Å²) in [6.07, 6.45) is 3.52. The molecule has 2 radical (unpaired) electrons. The lowest BCUT2D eigenvalue weighted by Crippen LogP contribution is -2.38. The topological polar surface area (TPSA) is 103 Å². The molecule has 0 unspecified atom stereocenters. The molecule has 2 amide bonds. The van der Waals surface area contributed by atoms with E-state index in [4.69, 9.17) is 10.1 Å². The first kappa shape index (κ1) is 17.1. The summed E-state index contributed by atoms with van der Waals surface area (Å²) in [5, 5.41) is 18.0. The number of aliphatic hydroxyl groups excluding tert-OH is 1. The molecule has 7 nitrogen and oxygen atoms in total. The number of amides is 2. The quantitative estimate of drug-likeness (QED) is 0.617. The van der Waals surface area contributed by atoms with Gasteiger partial charge in [0.2, 0.25) is 5.91 Å². The highest BCUT2D eigenvalue weighted by Gasteiger charge is 2.18. The van der Waals surface area contributed by atoms with Gasteiger partial charge in [-0.05, 0) is 25.0 Å². The molecule has 0 saturated carbocycles. The first-order valence-corrected chi connectivity index (χ1v) is 6.58. The van der Waals surface area contributed by atoms with E-state index >= 15 is 0 Å². The molecule has 21 heavy (non-hydrogen) atoms. The van der Waals surface area contributed by atoms with E-state index < -0.39 is 0 Å². The van der Waals surface area contributed by atoms with E-state index in [1.165, 1.54) is 12.3 Å². The maximum absolute atomic E-state index is 11.8. The Morgan fingerprint density at radius 3 is 2.62 bits per heavy atom. The van der Waals surface area contributed by atoms with Crippen molar-refractivity contribution in [2.75, 3.05) is 19.6 Å². The molecule has 8 heteroatoms. The predicted molar refractivity (Wildman–Crippen MR) is 76.3 cm³/mol. The van der Waals surface area contributed by atoms with Crippen LogP contribution in [0, 0.1) is 0 Å². The van der Waals surface area contributed by atoms with Gasteiger partial charge in [-0.25, -0.2) is 0 Å². The summed E-state index contributed by atoms with van der Waals surface area (Å²) in [6, 6.07) is 3.06. The van der Waals surface area contributed by atoms with E-state index in [1.54, 1.807) is 11.0 Å². The van der Waals surface area contributed by atoms with Crippen LogP contribution in [-0.4, -0.2) is 59.5 Å². The third-order valence-corrected chi connectivity index (χ3v) is 3.10. The van der Waals surface area contributed by atoms with Gasteiger partial charge in [-0.1, -0.05) is 0 Å². The van der Waals surface area contributed by atoms with E-state index in [0.29, 0.717) is 11.3 Å². The molecular weight excluding hydrogens is 273 g/mol. The van der Waals surface area contributed by atoms with Crippen molar-refractivity contribution in [2.24, 2.45) is 0 Å². The minimum Gasteiger partial charge on any atom is -0.461 e. The number of hydrogen-bond acceptors (Lipinski definition) is 5. The largest absolute Gasteiger partial charge is 0.461 e. The standard InChI is InChI=1S/C13H17N3O3.BHO/c17-9-11-7-10(3-4-14-11)13(19)15-8-12(18)16-5-1-2-6-16;1-2/h3-4,7,17H,1-2,5-6,8-9H2,(H,15,19);2H. The number of nitrogens with one attached hydrogen (secondary N) is 1. The SMILES string of the molecule is O=C(NCC(=O)N1CCCC1)c1ccnc(CO)c1.[B]O. The smallest absolute Gasteiger partial charge is 0.277 e. The second-order valence-corrected chi connectivity index (χ2v) is 4.46. The molecule has 0 spiro atoms. The second-order valence-electron chi connectivity index (χ2n) is 4.46. The fourth-order valence-electron chi connectivity index (χ4n) is 2.04. The molecule has 0 atom stereocenters. The van der Waals surface area contributed by atoms with Gasteiger partial charge < -0.3 is 20.3 Å². The molecule has 0 aromatic carbocycles. The van der Waals surface area contributed by atoms with Crippen molar-refractivity contribution in [1.29, 1.82) is 0 Å². The highest BCUT2D eigenvalue weighted by atomic mass is 16.3. The number of rotatable bonds is 4. The van der Waals surface area contributed by atoms with Gasteiger partial charge in [-0.2, -0.15) is 0 Å². The van der Waals surface area contributed by atoms with Gasteiger partial charge in [0, 0.05) is 24.8 Å². The summed E-state index contributed by atoms with van der Waals surface area (Å²) in [5.74, 6) is -0.382. The lowest BCUT2D eigenvalue weighted by Gasteiger charge is -2.15. The zero-order valence-electron chi connectivity index (χ0n) is 11.7. The number of aromatic nitrogens is 1. The molecule has 3 N–H and O–H groups in total. The second kappa shape index (κ2) is 9.09. The maximum Gasteiger partial charge on any atom is 0.277 e. The highest BCUT2D eigenvalue weighted by Crippen LogP contribution is 2.07. The molecule has 1 aliphatic heterocycles. The van der Waals surface area contributed by atoms with Crippen molar-refractivity contribution < 1.29 is 19.7 Å². The van der Waals surface area contributed by atoms with Gasteiger partial charge >= 0.3 is 0 Å². The van der Waals surface area contributed by atoms with Crippen LogP contribution in [0.1, 0.15) is 28.9 Å². The van der Waals surface area contributed by atoms with Gasteiger partial charge in [0.25, 0.3) is 14.0 Å². The first-order valence-electron chi connectivity index (χ1n) is 6.58. The minimum atomic E-state index is -0.329. The van der Waals surface area contributed by atoms with E-state index in [2.05, 4.69) is 18.3 Å². The van der Waals surface area contributed by atoms with Crippen LogP contribution in [0.4, 0.5) is 0 Å². The number of aliphatic hydroxyl groups is 1. The van der Waals surface area contributed by atoms with E-state index in [9.17, 15) is 9.59 Å². The molecule has 1 saturated heterocycles. The number of carbonyl (C=O) groups is 2. The zero-order valence-corrected chi connectivity index (χ0v) is 11.7. The number of likely N-dealkylation sites (tertiary alicyclic amines) is 1. The summed E-state index contributed by atoms with van der Waals surface area (Å²) >= 11 is 0. The minimum absolute atomic E-state index is 0.00954. The van der Waals surface area contributed by atoms with Crippen molar-refractivity contribution in [3.05, 3.63) is 29.6 Å². The Kier molecular flexibility index (Phi) is 7.42. The van der Waals surface area contributed by atoms with Crippen molar-refractivity contribution in [2.45, 2.75) is 19.4 Å². The number of nitrogens with zero attached hydrogens (tertiary/aromatic N) is 2. The van der Waals surface area contributed by atoms with Crippen LogP contribution in [0.15, 0.2) is 18.3 Å². The van der Waals surface area contributed by atoms with E-state index in [0.717, 1.165) is 25.9 Å². The van der Waals surface area contributed by atoms with Crippen LogP contribution in [-0.2, 0) is 11.4 Å². The molecule has 2 rings (SSSR count). The van der Waals surface area contributed by atoms with Crippen LogP contribution < -0.4 is 5.32 Å². The Morgan fingerprint density at radius 2 is 2.00 bits per heavy atom. The van der Waals surface area contributed by atoms with Crippen molar-refractivity contribution in [3.8, 4) is 0 Å². The van der Waals surface area contributed by atoms with Crippen molar-refractivity contribution in [1.82, 2.24) is 15.2 Å². The number of carbonyl (C=O) groups excluding carboxylic acids is 2. The summed E-state index contributed by atoms with van der Waals surface area (Å²) in [4.78, 5) is 29.3. The number of pyridine rings is 1. The predicted octanol–water partition coefficient (Wildman–Crippen LogP) is -1.01. The molecule has 1 fully saturated rings. The van der Waals surface area contributed by atoms with Crippen LogP contribution in [0.2, 0.25) is 0 Å². The summed E-state index contributed by atoms with van der Waals surface area (Å²) in [5.41, 5.74) is 0.826. The highest BCUT2D eigenvalue weighted by molar-refractivity contribution is 5.96. The third-order valence-electron chi connectivity index (χ3n) is 3.10. The normalized spacial score (nSPS) is 13.3. The Hall–Kier alpha value is -1.93. The molecule has 0 aliphatic carbocycles. The fraction of sp³-hybridized carbons (Fsp3) is 0.462. The molecule has 1 aliphatic rings. The molecular formula is C13H18BN3O4. The van der Waals surface area contributed by atoms with Gasteiger partial charge in [0.1, 0.15) is 0 Å². The number of hydrogen-bond donors (Lipinski definition) is 3. The van der Waals surface area contributed by atoms with Crippen LogP contribution in [0.25, 0.3) is 0 Å². The summed E-state index contributed by atoms with van der Waals surface area (Å²) in [7, 11) is 3.50. The summed E-state index contributed by atoms with van der Waals surface area (Å²) in [6.45, 7) is 1.35.